The molecule has 0 aliphatic carbocycles. The van der Waals surface area contributed by atoms with Crippen LogP contribution in [0.2, 0.25) is 0 Å². The molecule has 3 rings (SSSR count). The largest absolute Gasteiger partial charge is 0.342 e. The molecule has 3 aliphatic heterocycles. The first-order valence-corrected chi connectivity index (χ1v) is 9.93. The molecular weight excluding hydrogens is 348 g/mol. The molecule has 27 heavy (non-hydrogen) atoms. The highest BCUT2D eigenvalue weighted by Gasteiger charge is 2.43. The number of piperidine rings is 2. The molecule has 0 saturated carbocycles. The lowest BCUT2D eigenvalue weighted by atomic mass is 9.73. The van der Waals surface area contributed by atoms with E-state index < -0.39 is 6.03 Å². The van der Waals surface area contributed by atoms with Gasteiger partial charge in [-0.25, -0.2) is 4.79 Å². The zero-order chi connectivity index (χ0) is 19.6. The molecule has 150 valence electrons. The van der Waals surface area contributed by atoms with Crippen LogP contribution in [0.1, 0.15) is 46.0 Å². The number of carbonyl (C=O) groups excluding carboxylic acids is 4. The van der Waals surface area contributed by atoms with Gasteiger partial charge in [-0.3, -0.25) is 19.3 Å². The molecule has 3 fully saturated rings. The predicted molar refractivity (Wildman–Crippen MR) is 98.6 cm³/mol. The lowest BCUT2D eigenvalue weighted by molar-refractivity contribution is -0.144. The van der Waals surface area contributed by atoms with Gasteiger partial charge in [-0.15, -0.1) is 0 Å². The lowest BCUT2D eigenvalue weighted by Gasteiger charge is -2.48. The molecule has 0 aromatic carbocycles. The molecule has 8 nitrogen and oxygen atoms in total. The number of hydrogen-bond donors (Lipinski definition) is 1. The maximum Gasteiger partial charge on any atom is 0.325 e. The molecule has 3 aliphatic rings. The molecule has 0 aromatic heterocycles. The van der Waals surface area contributed by atoms with Crippen molar-refractivity contribution in [2.24, 2.45) is 11.3 Å². The van der Waals surface area contributed by atoms with E-state index in [-0.39, 0.29) is 36.2 Å². The third-order valence-electron chi connectivity index (χ3n) is 5.97. The van der Waals surface area contributed by atoms with E-state index in [4.69, 9.17) is 0 Å². The maximum absolute atomic E-state index is 12.7. The topological polar surface area (TPSA) is 90.0 Å². The second-order valence-corrected chi connectivity index (χ2v) is 8.56. The van der Waals surface area contributed by atoms with E-state index in [1.165, 1.54) is 0 Å². The Hall–Kier alpha value is -2.12. The van der Waals surface area contributed by atoms with Crippen LogP contribution in [0.15, 0.2) is 0 Å². The van der Waals surface area contributed by atoms with Crippen LogP contribution in [0, 0.1) is 11.3 Å². The number of rotatable bonds is 5. The van der Waals surface area contributed by atoms with Gasteiger partial charge in [0.05, 0.1) is 6.54 Å². The van der Waals surface area contributed by atoms with Crippen molar-refractivity contribution in [3.8, 4) is 0 Å². The average molecular weight is 378 g/mol. The van der Waals surface area contributed by atoms with Crippen LogP contribution >= 0.6 is 0 Å². The summed E-state index contributed by atoms with van der Waals surface area (Å²) in [4.78, 5) is 53.2. The fourth-order valence-corrected chi connectivity index (χ4v) is 4.32. The fraction of sp³-hybridized carbons (Fsp3) is 0.789. The van der Waals surface area contributed by atoms with Crippen molar-refractivity contribution in [3.63, 3.8) is 0 Å². The predicted octanol–water partition coefficient (Wildman–Crippen LogP) is 0.816. The summed E-state index contributed by atoms with van der Waals surface area (Å²) in [5.41, 5.74) is -0.0594. The third-order valence-corrected chi connectivity index (χ3v) is 5.97. The summed E-state index contributed by atoms with van der Waals surface area (Å²) >= 11 is 0. The van der Waals surface area contributed by atoms with E-state index in [2.05, 4.69) is 19.2 Å². The number of hydrogen-bond acceptors (Lipinski definition) is 4. The Bertz CT molecular complexity index is 619. The Morgan fingerprint density at radius 1 is 1.15 bits per heavy atom. The summed E-state index contributed by atoms with van der Waals surface area (Å²) in [6, 6.07) is -0.497. The van der Waals surface area contributed by atoms with Crippen molar-refractivity contribution in [1.29, 1.82) is 0 Å². The van der Waals surface area contributed by atoms with Crippen molar-refractivity contribution in [2.75, 3.05) is 39.3 Å². The average Bonchev–Trinajstić information content (AvgIpc) is 2.95. The number of nitrogens with zero attached hydrogens (tertiary/aromatic N) is 3. The quantitative estimate of drug-likeness (QED) is 0.717. The molecule has 0 radical (unpaired) electrons. The van der Waals surface area contributed by atoms with Crippen LogP contribution in [-0.4, -0.2) is 77.7 Å². The second kappa shape index (κ2) is 7.86. The molecule has 3 saturated heterocycles. The van der Waals surface area contributed by atoms with Gasteiger partial charge in [0.2, 0.25) is 11.8 Å². The van der Waals surface area contributed by atoms with Gasteiger partial charge in [-0.05, 0) is 31.6 Å². The van der Waals surface area contributed by atoms with Gasteiger partial charge in [0, 0.05) is 38.0 Å². The summed E-state index contributed by atoms with van der Waals surface area (Å²) < 4.78 is 0. The van der Waals surface area contributed by atoms with Crippen molar-refractivity contribution >= 4 is 23.8 Å². The van der Waals surface area contributed by atoms with Gasteiger partial charge in [-0.1, -0.05) is 13.8 Å². The van der Waals surface area contributed by atoms with Gasteiger partial charge >= 0.3 is 6.03 Å². The summed E-state index contributed by atoms with van der Waals surface area (Å²) in [7, 11) is 0. The molecule has 0 unspecified atom stereocenters. The molecule has 1 N–H and O–H groups in total. The lowest BCUT2D eigenvalue weighted by Crippen LogP contribution is -2.56. The van der Waals surface area contributed by atoms with Gasteiger partial charge in [0.25, 0.3) is 5.91 Å². The van der Waals surface area contributed by atoms with Crippen molar-refractivity contribution in [1.82, 2.24) is 20.0 Å². The maximum atomic E-state index is 12.7. The summed E-state index contributed by atoms with van der Waals surface area (Å²) in [6.45, 7) is 6.78. The number of carbonyl (C=O) groups is 4. The van der Waals surface area contributed by atoms with E-state index in [0.29, 0.717) is 32.0 Å². The summed E-state index contributed by atoms with van der Waals surface area (Å²) in [5.74, 6) is 0.210. The molecule has 3 heterocycles. The number of amides is 5. The summed E-state index contributed by atoms with van der Waals surface area (Å²) in [6.07, 6.45) is 4.21. The number of urea groups is 1. The smallest absolute Gasteiger partial charge is 0.325 e. The van der Waals surface area contributed by atoms with E-state index >= 15 is 0 Å². The first-order valence-electron chi connectivity index (χ1n) is 9.93. The van der Waals surface area contributed by atoms with Gasteiger partial charge in [0.1, 0.15) is 6.54 Å². The van der Waals surface area contributed by atoms with Crippen molar-refractivity contribution in [2.45, 2.75) is 46.0 Å². The Balaban J connectivity index is 1.62. The van der Waals surface area contributed by atoms with Gasteiger partial charge < -0.3 is 15.1 Å². The second-order valence-electron chi connectivity index (χ2n) is 8.56. The Kier molecular flexibility index (Phi) is 5.72. The molecule has 1 spiro atoms. The minimum atomic E-state index is -0.497. The molecule has 8 heteroatoms. The number of nitrogens with one attached hydrogen (secondary N) is 1. The third kappa shape index (κ3) is 4.42. The van der Waals surface area contributed by atoms with Crippen molar-refractivity contribution in [3.05, 3.63) is 0 Å². The van der Waals surface area contributed by atoms with Gasteiger partial charge in [0.15, 0.2) is 0 Å². The van der Waals surface area contributed by atoms with Crippen LogP contribution < -0.4 is 5.32 Å². The Labute approximate surface area is 160 Å². The SMILES string of the molecule is CC(C)CCN1C[C@]2(CCCN(C(=O)CN3C(=O)CNC3=O)C2)CCC1=O. The Morgan fingerprint density at radius 2 is 1.93 bits per heavy atom. The zero-order valence-corrected chi connectivity index (χ0v) is 16.3. The van der Waals surface area contributed by atoms with E-state index in [1.54, 1.807) is 4.90 Å². The number of imide groups is 1. The van der Waals surface area contributed by atoms with E-state index in [9.17, 15) is 19.2 Å². The monoisotopic (exact) mass is 378 g/mol. The van der Waals surface area contributed by atoms with Crippen LogP contribution in [-0.2, 0) is 14.4 Å². The molecule has 0 bridgehead atoms. The van der Waals surface area contributed by atoms with E-state index in [1.807, 2.05) is 4.90 Å². The highest BCUT2D eigenvalue weighted by Crippen LogP contribution is 2.39. The molecule has 5 amide bonds. The van der Waals surface area contributed by atoms with Crippen LogP contribution in [0.3, 0.4) is 0 Å². The normalized spacial score (nSPS) is 26.3. The molecule has 1 atom stereocenters. The highest BCUT2D eigenvalue weighted by molar-refractivity contribution is 6.04. The minimum Gasteiger partial charge on any atom is -0.342 e. The zero-order valence-electron chi connectivity index (χ0n) is 16.3. The van der Waals surface area contributed by atoms with Crippen LogP contribution in [0.25, 0.3) is 0 Å². The first kappa shape index (κ1) is 19.6. The van der Waals surface area contributed by atoms with Crippen molar-refractivity contribution < 1.29 is 19.2 Å². The fourth-order valence-electron chi connectivity index (χ4n) is 4.32. The first-order chi connectivity index (χ1) is 12.8. The molecular formula is C19H30N4O4. The standard InChI is InChI=1S/C19H30N4O4/c1-14(2)5-9-22-13-19(7-4-15(22)24)6-3-8-21(12-19)17(26)11-23-16(25)10-20-18(23)27/h14H,3-13H2,1-2H3,(H,20,27)/t19-/m1/s1. The van der Waals surface area contributed by atoms with Gasteiger partial charge in [-0.2, -0.15) is 0 Å². The molecule has 0 aromatic rings. The highest BCUT2D eigenvalue weighted by atomic mass is 16.2. The minimum absolute atomic E-state index is 0.0387. The van der Waals surface area contributed by atoms with Crippen LogP contribution in [0.4, 0.5) is 4.79 Å². The summed E-state index contributed by atoms with van der Waals surface area (Å²) in [5, 5.41) is 2.44. The van der Waals surface area contributed by atoms with Crippen LogP contribution in [0.5, 0.6) is 0 Å². The van der Waals surface area contributed by atoms with E-state index in [0.717, 1.165) is 37.1 Å². The Morgan fingerprint density at radius 3 is 2.59 bits per heavy atom. The number of likely N-dealkylation sites (tertiary alicyclic amines) is 2.